The van der Waals surface area contributed by atoms with Crippen LogP contribution in [0, 0.1) is 0 Å². The van der Waals surface area contributed by atoms with E-state index in [9.17, 15) is 0 Å². The molecule has 1 aromatic heterocycles. The van der Waals surface area contributed by atoms with Crippen LogP contribution in [-0.4, -0.2) is 4.98 Å². The summed E-state index contributed by atoms with van der Waals surface area (Å²) in [6, 6.07) is 32.4. The van der Waals surface area contributed by atoms with Crippen LogP contribution in [0.2, 0.25) is 0 Å². The highest BCUT2D eigenvalue weighted by Crippen LogP contribution is 2.52. The summed E-state index contributed by atoms with van der Waals surface area (Å²) >= 11 is 0. The second-order valence-corrected chi connectivity index (χ2v) is 9.40. The molecule has 0 aliphatic carbocycles. The minimum atomic E-state index is 0.325. The highest BCUT2D eigenvalue weighted by Gasteiger charge is 2.27. The Morgan fingerprint density at radius 3 is 2.35 bits per heavy atom. The van der Waals surface area contributed by atoms with Crippen LogP contribution in [0.5, 0.6) is 11.5 Å². The molecule has 0 saturated heterocycles. The third kappa shape index (κ3) is 2.72. The second kappa shape index (κ2) is 7.16. The molecule has 0 unspecified atom stereocenters. The number of hydrogen-bond acceptors (Lipinski definition) is 2. The summed E-state index contributed by atoms with van der Waals surface area (Å²) in [7, 11) is 0. The smallest absolute Gasteiger partial charge is 0.140 e. The molecule has 0 fully saturated rings. The molecule has 0 amide bonds. The molecule has 5 aromatic carbocycles. The molecule has 2 nitrogen and oxygen atoms in total. The van der Waals surface area contributed by atoms with Crippen molar-refractivity contribution in [2.45, 2.75) is 19.8 Å². The van der Waals surface area contributed by atoms with Gasteiger partial charge in [-0.2, -0.15) is 0 Å². The van der Waals surface area contributed by atoms with E-state index in [1.807, 2.05) is 6.20 Å². The fourth-order valence-electron chi connectivity index (χ4n) is 5.50. The third-order valence-electron chi connectivity index (χ3n) is 7.02. The van der Waals surface area contributed by atoms with Gasteiger partial charge < -0.3 is 4.74 Å². The van der Waals surface area contributed by atoms with Gasteiger partial charge >= 0.3 is 0 Å². The molecule has 162 valence electrons. The van der Waals surface area contributed by atoms with Crippen molar-refractivity contribution in [2.75, 3.05) is 0 Å². The summed E-state index contributed by atoms with van der Waals surface area (Å²) in [6.07, 6.45) is 1.94. The van der Waals surface area contributed by atoms with Crippen LogP contribution in [0.3, 0.4) is 0 Å². The fourth-order valence-corrected chi connectivity index (χ4v) is 5.50. The van der Waals surface area contributed by atoms with Crippen molar-refractivity contribution < 1.29 is 4.74 Å². The molecule has 2 heterocycles. The Hall–Kier alpha value is -4.17. The molecule has 1 aliphatic heterocycles. The average Bonchev–Trinajstić information content (AvgIpc) is 2.87. The van der Waals surface area contributed by atoms with Crippen LogP contribution in [0.25, 0.3) is 54.7 Å². The topological polar surface area (TPSA) is 22.1 Å². The summed E-state index contributed by atoms with van der Waals surface area (Å²) in [6.45, 7) is 4.48. The minimum Gasteiger partial charge on any atom is -0.456 e. The van der Waals surface area contributed by atoms with Gasteiger partial charge in [-0.15, -0.1) is 0 Å². The normalized spacial score (nSPS) is 12.3. The number of nitrogens with zero attached hydrogens (tertiary/aromatic N) is 1. The number of hydrogen-bond donors (Lipinski definition) is 0. The average molecular weight is 438 g/mol. The van der Waals surface area contributed by atoms with Gasteiger partial charge in [-0.1, -0.05) is 80.6 Å². The fraction of sp³-hybridized carbons (Fsp3) is 0.0938. The van der Waals surface area contributed by atoms with Crippen molar-refractivity contribution in [3.63, 3.8) is 0 Å². The summed E-state index contributed by atoms with van der Waals surface area (Å²) in [4.78, 5) is 4.88. The number of ether oxygens (including phenoxy) is 1. The predicted molar refractivity (Wildman–Crippen MR) is 142 cm³/mol. The first-order valence-electron chi connectivity index (χ1n) is 11.8. The quantitative estimate of drug-likeness (QED) is 0.252. The zero-order chi connectivity index (χ0) is 22.8. The molecule has 6 aromatic rings. The molecule has 0 radical (unpaired) electrons. The Balaban J connectivity index is 1.55. The van der Waals surface area contributed by atoms with Crippen LogP contribution in [0.15, 0.2) is 97.2 Å². The minimum absolute atomic E-state index is 0.325. The van der Waals surface area contributed by atoms with Crippen molar-refractivity contribution in [2.24, 2.45) is 0 Å². The molecule has 0 spiro atoms. The Morgan fingerprint density at radius 1 is 0.676 bits per heavy atom. The number of pyridine rings is 1. The maximum atomic E-state index is 6.76. The van der Waals surface area contributed by atoms with E-state index in [2.05, 4.69) is 105 Å². The first-order valence-corrected chi connectivity index (χ1v) is 11.8. The summed E-state index contributed by atoms with van der Waals surface area (Å²) in [5, 5.41) is 7.15. The predicted octanol–water partition coefficient (Wildman–Crippen LogP) is 9.10. The summed E-state index contributed by atoms with van der Waals surface area (Å²) in [5.41, 5.74) is 5.76. The van der Waals surface area contributed by atoms with Crippen LogP contribution >= 0.6 is 0 Å². The van der Waals surface area contributed by atoms with Gasteiger partial charge in [0.25, 0.3) is 0 Å². The molecule has 7 rings (SSSR count). The number of fused-ring (bicyclic) bond motifs is 5. The molecule has 0 atom stereocenters. The first-order chi connectivity index (χ1) is 16.7. The van der Waals surface area contributed by atoms with Crippen molar-refractivity contribution in [3.8, 4) is 33.9 Å². The van der Waals surface area contributed by atoms with Gasteiger partial charge in [0.2, 0.25) is 0 Å². The van der Waals surface area contributed by atoms with Gasteiger partial charge in [0, 0.05) is 17.3 Å². The van der Waals surface area contributed by atoms with Gasteiger partial charge in [-0.25, -0.2) is 0 Å². The van der Waals surface area contributed by atoms with Gasteiger partial charge in [0.1, 0.15) is 11.5 Å². The third-order valence-corrected chi connectivity index (χ3v) is 7.02. The van der Waals surface area contributed by atoms with E-state index in [1.54, 1.807) is 0 Å². The van der Waals surface area contributed by atoms with E-state index in [-0.39, 0.29) is 0 Å². The SMILES string of the molecule is CC(C)c1c2c(cc3ccccc13)-c1nccc3c1c(cc1cc(-c4ccccc4)ccc13)O2. The Bertz CT molecular complexity index is 1750. The van der Waals surface area contributed by atoms with Crippen molar-refractivity contribution in [1.82, 2.24) is 4.98 Å². The van der Waals surface area contributed by atoms with E-state index in [1.165, 1.54) is 43.6 Å². The maximum absolute atomic E-state index is 6.76. The van der Waals surface area contributed by atoms with E-state index in [4.69, 9.17) is 9.72 Å². The van der Waals surface area contributed by atoms with Crippen LogP contribution in [0.4, 0.5) is 0 Å². The number of aromatic nitrogens is 1. The van der Waals surface area contributed by atoms with Gasteiger partial charge in [-0.3, -0.25) is 4.98 Å². The van der Waals surface area contributed by atoms with E-state index in [0.717, 1.165) is 28.1 Å². The van der Waals surface area contributed by atoms with Crippen LogP contribution in [0.1, 0.15) is 25.3 Å². The van der Waals surface area contributed by atoms with Crippen LogP contribution < -0.4 is 4.74 Å². The Labute approximate surface area is 198 Å². The Kier molecular flexibility index (Phi) is 4.07. The lowest BCUT2D eigenvalue weighted by Crippen LogP contribution is -2.04. The maximum Gasteiger partial charge on any atom is 0.140 e. The first kappa shape index (κ1) is 19.3. The highest BCUT2D eigenvalue weighted by atomic mass is 16.5. The Morgan fingerprint density at radius 2 is 1.50 bits per heavy atom. The van der Waals surface area contributed by atoms with Crippen molar-refractivity contribution >= 4 is 32.3 Å². The molecule has 1 aliphatic rings. The van der Waals surface area contributed by atoms with Gasteiger partial charge in [0.15, 0.2) is 0 Å². The van der Waals surface area contributed by atoms with Gasteiger partial charge in [0.05, 0.1) is 11.1 Å². The lowest BCUT2D eigenvalue weighted by atomic mass is 9.88. The molecular formula is C32H23NO. The summed E-state index contributed by atoms with van der Waals surface area (Å²) in [5.74, 6) is 2.16. The highest BCUT2D eigenvalue weighted by molar-refractivity contribution is 6.16. The summed E-state index contributed by atoms with van der Waals surface area (Å²) < 4.78 is 6.76. The molecule has 2 heteroatoms. The molecule has 0 bridgehead atoms. The van der Waals surface area contributed by atoms with Gasteiger partial charge in [-0.05, 0) is 68.2 Å². The second-order valence-electron chi connectivity index (χ2n) is 9.40. The zero-order valence-corrected chi connectivity index (χ0v) is 19.2. The zero-order valence-electron chi connectivity index (χ0n) is 19.2. The molecular weight excluding hydrogens is 414 g/mol. The van der Waals surface area contributed by atoms with Crippen molar-refractivity contribution in [3.05, 3.63) is 103 Å². The van der Waals surface area contributed by atoms with Crippen LogP contribution in [-0.2, 0) is 0 Å². The van der Waals surface area contributed by atoms with Crippen molar-refractivity contribution in [1.29, 1.82) is 0 Å². The van der Waals surface area contributed by atoms with E-state index in [0.29, 0.717) is 5.92 Å². The standard InChI is InChI=1S/C32H23NO/c1-19(2)29-25-11-7-6-10-22(25)17-27-31-30-26(14-15-33-31)24-13-12-21(20-8-4-3-5-9-20)16-23(24)18-28(30)34-32(27)29/h3-19H,1-2H3. The monoisotopic (exact) mass is 437 g/mol. The lowest BCUT2D eigenvalue weighted by Gasteiger charge is -2.26. The molecule has 34 heavy (non-hydrogen) atoms. The van der Waals surface area contributed by atoms with E-state index < -0.39 is 0 Å². The molecule has 0 N–H and O–H groups in total. The lowest BCUT2D eigenvalue weighted by molar-refractivity contribution is 0.478. The largest absolute Gasteiger partial charge is 0.456 e. The number of benzene rings is 5. The molecule has 0 saturated carbocycles. The number of rotatable bonds is 2. The van der Waals surface area contributed by atoms with E-state index >= 15 is 0 Å².